The van der Waals surface area contributed by atoms with Crippen molar-refractivity contribution in [3.8, 4) is 5.75 Å². The third-order valence-electron chi connectivity index (χ3n) is 2.65. The molecule has 0 unspecified atom stereocenters. The lowest BCUT2D eigenvalue weighted by Gasteiger charge is -2.14. The largest absolute Gasteiger partial charge is 0.491 e. The molecule has 1 aromatic rings. The number of aliphatic imine (C=N–C) groups is 1. The smallest absolute Gasteiger partial charge is 0.190 e. The van der Waals surface area contributed by atoms with Crippen molar-refractivity contribution in [1.82, 2.24) is 10.6 Å². The fraction of sp³-hybridized carbons (Fsp3) is 0.500. The molecule has 1 aromatic carbocycles. The predicted molar refractivity (Wildman–Crippen MR) is 91.9 cm³/mol. The van der Waals surface area contributed by atoms with Crippen molar-refractivity contribution in [3.63, 3.8) is 0 Å². The van der Waals surface area contributed by atoms with Crippen molar-refractivity contribution in [3.05, 3.63) is 29.8 Å². The number of benzene rings is 1. The van der Waals surface area contributed by atoms with Crippen molar-refractivity contribution in [2.75, 3.05) is 27.2 Å². The highest BCUT2D eigenvalue weighted by molar-refractivity contribution is 14.0. The second-order valence-corrected chi connectivity index (χ2v) is 4.29. The van der Waals surface area contributed by atoms with Gasteiger partial charge in [0.15, 0.2) is 5.96 Å². The Labute approximate surface area is 133 Å². The molecule has 0 spiro atoms. The van der Waals surface area contributed by atoms with Gasteiger partial charge in [0.05, 0.1) is 6.54 Å². The van der Waals surface area contributed by atoms with Crippen LogP contribution in [0.1, 0.15) is 25.3 Å². The maximum absolute atomic E-state index is 5.79. The average molecular weight is 377 g/mol. The third kappa shape index (κ3) is 6.13. The molecule has 2 N–H and O–H groups in total. The van der Waals surface area contributed by atoms with E-state index >= 15 is 0 Å². The predicted octanol–water partition coefficient (Wildman–Crippen LogP) is 2.60. The van der Waals surface area contributed by atoms with Gasteiger partial charge in [0.25, 0.3) is 0 Å². The fourth-order valence-corrected chi connectivity index (χ4v) is 1.70. The van der Waals surface area contributed by atoms with Crippen LogP contribution in [0.25, 0.3) is 0 Å². The van der Waals surface area contributed by atoms with Crippen LogP contribution in [0.15, 0.2) is 29.3 Å². The SMILES string of the molecule is CN=C(NC)NCCOc1ccccc1C(C)C.I. The van der Waals surface area contributed by atoms with Gasteiger partial charge < -0.3 is 15.4 Å². The highest BCUT2D eigenvalue weighted by Gasteiger charge is 2.06. The number of hydrogen-bond acceptors (Lipinski definition) is 2. The van der Waals surface area contributed by atoms with Gasteiger partial charge in [0.1, 0.15) is 12.4 Å². The number of hydrogen-bond donors (Lipinski definition) is 2. The Kier molecular flexibility index (Phi) is 9.38. The monoisotopic (exact) mass is 377 g/mol. The van der Waals surface area contributed by atoms with E-state index in [1.807, 2.05) is 25.2 Å². The van der Waals surface area contributed by atoms with Gasteiger partial charge in [-0.2, -0.15) is 0 Å². The molecule has 0 bridgehead atoms. The number of nitrogens with one attached hydrogen (secondary N) is 2. The number of rotatable bonds is 5. The van der Waals surface area contributed by atoms with Crippen LogP contribution in [0.4, 0.5) is 0 Å². The highest BCUT2D eigenvalue weighted by atomic mass is 127. The summed E-state index contributed by atoms with van der Waals surface area (Å²) in [5.41, 5.74) is 1.25. The molecular weight excluding hydrogens is 353 g/mol. The van der Waals surface area contributed by atoms with Crippen molar-refractivity contribution >= 4 is 29.9 Å². The molecule has 0 saturated carbocycles. The number of para-hydroxylation sites is 1. The molecule has 0 fully saturated rings. The van der Waals surface area contributed by atoms with Crippen molar-refractivity contribution in [2.45, 2.75) is 19.8 Å². The van der Waals surface area contributed by atoms with E-state index in [0.717, 1.165) is 18.3 Å². The lowest BCUT2D eigenvalue weighted by atomic mass is 10.0. The summed E-state index contributed by atoms with van der Waals surface area (Å²) in [6, 6.07) is 8.17. The summed E-state index contributed by atoms with van der Waals surface area (Å²) in [5, 5.41) is 6.12. The number of ether oxygens (including phenoxy) is 1. The summed E-state index contributed by atoms with van der Waals surface area (Å²) < 4.78 is 5.79. The summed E-state index contributed by atoms with van der Waals surface area (Å²) in [4.78, 5) is 4.04. The molecule has 108 valence electrons. The number of guanidine groups is 1. The fourth-order valence-electron chi connectivity index (χ4n) is 1.70. The van der Waals surface area contributed by atoms with Crippen LogP contribution in [0.5, 0.6) is 5.75 Å². The standard InChI is InChI=1S/C14H23N3O.HI/c1-11(2)12-7-5-6-8-13(12)18-10-9-17-14(15-3)16-4;/h5-8,11H,9-10H2,1-4H3,(H2,15,16,17);1H. The van der Waals surface area contributed by atoms with Crippen molar-refractivity contribution in [1.29, 1.82) is 0 Å². The van der Waals surface area contributed by atoms with Gasteiger partial charge in [0.2, 0.25) is 0 Å². The Morgan fingerprint density at radius 1 is 1.32 bits per heavy atom. The third-order valence-corrected chi connectivity index (χ3v) is 2.65. The second kappa shape index (κ2) is 9.89. The molecule has 0 aliphatic rings. The molecule has 4 nitrogen and oxygen atoms in total. The first-order valence-corrected chi connectivity index (χ1v) is 6.29. The van der Waals surface area contributed by atoms with Crippen LogP contribution in [0.2, 0.25) is 0 Å². The second-order valence-electron chi connectivity index (χ2n) is 4.29. The highest BCUT2D eigenvalue weighted by Crippen LogP contribution is 2.25. The lowest BCUT2D eigenvalue weighted by molar-refractivity contribution is 0.317. The van der Waals surface area contributed by atoms with Gasteiger partial charge in [-0.25, -0.2) is 0 Å². The van der Waals surface area contributed by atoms with E-state index in [2.05, 4.69) is 35.5 Å². The van der Waals surface area contributed by atoms with E-state index in [4.69, 9.17) is 4.74 Å². The Hall–Kier alpha value is -0.980. The zero-order valence-electron chi connectivity index (χ0n) is 12.1. The molecule has 19 heavy (non-hydrogen) atoms. The molecule has 1 rings (SSSR count). The molecule has 0 aromatic heterocycles. The quantitative estimate of drug-likeness (QED) is 0.359. The molecule has 0 heterocycles. The molecule has 0 atom stereocenters. The summed E-state index contributed by atoms with van der Waals surface area (Å²) in [5.74, 6) is 2.21. The maximum atomic E-state index is 5.79. The van der Waals surface area contributed by atoms with Crippen LogP contribution < -0.4 is 15.4 Å². The molecule has 0 saturated heterocycles. The van der Waals surface area contributed by atoms with E-state index in [1.54, 1.807) is 7.05 Å². The maximum Gasteiger partial charge on any atom is 0.190 e. The van der Waals surface area contributed by atoms with Crippen LogP contribution in [0, 0.1) is 0 Å². The van der Waals surface area contributed by atoms with Crippen LogP contribution in [-0.4, -0.2) is 33.2 Å². The first-order valence-electron chi connectivity index (χ1n) is 6.29. The van der Waals surface area contributed by atoms with Crippen molar-refractivity contribution < 1.29 is 4.74 Å². The van der Waals surface area contributed by atoms with Crippen LogP contribution in [0.3, 0.4) is 0 Å². The molecule has 0 aliphatic carbocycles. The summed E-state index contributed by atoms with van der Waals surface area (Å²) in [6.07, 6.45) is 0. The zero-order valence-corrected chi connectivity index (χ0v) is 14.4. The molecule has 0 radical (unpaired) electrons. The van der Waals surface area contributed by atoms with E-state index in [0.29, 0.717) is 12.5 Å². The normalized spacial score (nSPS) is 10.9. The van der Waals surface area contributed by atoms with Gasteiger partial charge >= 0.3 is 0 Å². The Balaban J connectivity index is 0.00000324. The molecular formula is C14H24IN3O. The van der Waals surface area contributed by atoms with Gasteiger partial charge in [0, 0.05) is 14.1 Å². The number of halogens is 1. The van der Waals surface area contributed by atoms with Gasteiger partial charge in [-0.1, -0.05) is 32.0 Å². The van der Waals surface area contributed by atoms with Crippen LogP contribution in [-0.2, 0) is 0 Å². The molecule has 0 aliphatic heterocycles. The average Bonchev–Trinajstić information content (AvgIpc) is 2.39. The Morgan fingerprint density at radius 3 is 2.58 bits per heavy atom. The van der Waals surface area contributed by atoms with E-state index in [9.17, 15) is 0 Å². The van der Waals surface area contributed by atoms with Gasteiger partial charge in [-0.15, -0.1) is 24.0 Å². The minimum absolute atomic E-state index is 0. The van der Waals surface area contributed by atoms with E-state index in [-0.39, 0.29) is 24.0 Å². The topological polar surface area (TPSA) is 45.7 Å². The minimum atomic E-state index is 0. The first-order chi connectivity index (χ1) is 8.69. The van der Waals surface area contributed by atoms with E-state index < -0.39 is 0 Å². The van der Waals surface area contributed by atoms with Gasteiger partial charge in [-0.05, 0) is 17.5 Å². The number of nitrogens with zero attached hydrogens (tertiary/aromatic N) is 1. The van der Waals surface area contributed by atoms with Crippen LogP contribution >= 0.6 is 24.0 Å². The minimum Gasteiger partial charge on any atom is -0.491 e. The van der Waals surface area contributed by atoms with E-state index in [1.165, 1.54) is 5.56 Å². The molecule has 0 amide bonds. The Bertz CT molecular complexity index is 394. The molecule has 5 heteroatoms. The Morgan fingerprint density at radius 2 is 2.00 bits per heavy atom. The lowest BCUT2D eigenvalue weighted by Crippen LogP contribution is -2.37. The first kappa shape index (κ1) is 18.0. The summed E-state index contributed by atoms with van der Waals surface area (Å²) >= 11 is 0. The van der Waals surface area contributed by atoms with Gasteiger partial charge in [-0.3, -0.25) is 4.99 Å². The summed E-state index contributed by atoms with van der Waals surface area (Å²) in [7, 11) is 3.58. The zero-order chi connectivity index (χ0) is 13.4. The summed E-state index contributed by atoms with van der Waals surface area (Å²) in [6.45, 7) is 5.68. The van der Waals surface area contributed by atoms with Crippen molar-refractivity contribution in [2.24, 2.45) is 4.99 Å².